The number of ether oxygens (including phenoxy) is 1. The number of rotatable bonds is 3. The molecule has 0 bridgehead atoms. The first-order chi connectivity index (χ1) is 7.65. The molecule has 0 aliphatic carbocycles. The Balaban J connectivity index is 2.02. The third-order valence-corrected chi connectivity index (χ3v) is 2.81. The van der Waals surface area contributed by atoms with E-state index in [1.807, 2.05) is 13.1 Å². The first-order valence-corrected chi connectivity index (χ1v) is 5.46. The van der Waals surface area contributed by atoms with E-state index in [2.05, 4.69) is 5.10 Å². The zero-order valence-electron chi connectivity index (χ0n) is 8.65. The van der Waals surface area contributed by atoms with E-state index < -0.39 is 0 Å². The highest BCUT2D eigenvalue weighted by atomic mass is 35.5. The third-order valence-electron chi connectivity index (χ3n) is 2.07. The Labute approximate surface area is 104 Å². The molecule has 0 aliphatic heterocycles. The lowest BCUT2D eigenvalue weighted by Crippen LogP contribution is -1.94. The molecule has 0 fully saturated rings. The van der Waals surface area contributed by atoms with Crippen molar-refractivity contribution in [1.29, 1.82) is 0 Å². The van der Waals surface area contributed by atoms with Crippen molar-refractivity contribution >= 4 is 23.2 Å². The van der Waals surface area contributed by atoms with Crippen molar-refractivity contribution in [3.05, 3.63) is 46.2 Å². The summed E-state index contributed by atoms with van der Waals surface area (Å²) in [6, 6.07) is 5.43. The summed E-state index contributed by atoms with van der Waals surface area (Å²) in [4.78, 5) is 0. The zero-order valence-corrected chi connectivity index (χ0v) is 10.2. The molecule has 1 heterocycles. The molecule has 84 valence electrons. The number of hydrogen-bond acceptors (Lipinski definition) is 2. The van der Waals surface area contributed by atoms with Crippen LogP contribution in [0.2, 0.25) is 10.0 Å². The Kier molecular flexibility index (Phi) is 3.36. The van der Waals surface area contributed by atoms with Crippen LogP contribution in [0.25, 0.3) is 0 Å². The molecule has 0 unspecified atom stereocenters. The summed E-state index contributed by atoms with van der Waals surface area (Å²) < 4.78 is 7.21. The lowest BCUT2D eigenvalue weighted by Gasteiger charge is -2.04. The average molecular weight is 257 g/mol. The molecule has 2 rings (SSSR count). The standard InChI is InChI=1S/C11H10Cl2N2O/c1-15-6-9(5-14-15)16-7-8-2-3-10(12)11(13)4-8/h2-6H,7H2,1H3. The predicted octanol–water partition coefficient (Wildman–Crippen LogP) is 3.31. The molecule has 0 N–H and O–H groups in total. The Morgan fingerprint density at radius 3 is 2.75 bits per heavy atom. The van der Waals surface area contributed by atoms with Gasteiger partial charge in [-0.15, -0.1) is 0 Å². The molecule has 1 aromatic carbocycles. The van der Waals surface area contributed by atoms with Gasteiger partial charge in [-0.3, -0.25) is 4.68 Å². The van der Waals surface area contributed by atoms with Crippen LogP contribution < -0.4 is 4.74 Å². The van der Waals surface area contributed by atoms with Gasteiger partial charge < -0.3 is 4.74 Å². The van der Waals surface area contributed by atoms with E-state index in [1.54, 1.807) is 29.2 Å². The van der Waals surface area contributed by atoms with Gasteiger partial charge in [-0.2, -0.15) is 5.10 Å². The van der Waals surface area contributed by atoms with Gasteiger partial charge in [0.15, 0.2) is 5.75 Å². The molecule has 5 heteroatoms. The van der Waals surface area contributed by atoms with Gasteiger partial charge in [0, 0.05) is 7.05 Å². The molecule has 16 heavy (non-hydrogen) atoms. The van der Waals surface area contributed by atoms with E-state index in [-0.39, 0.29) is 0 Å². The van der Waals surface area contributed by atoms with Crippen molar-refractivity contribution in [3.8, 4) is 5.75 Å². The molecule has 0 saturated carbocycles. The molecule has 0 radical (unpaired) electrons. The van der Waals surface area contributed by atoms with Crippen molar-refractivity contribution in [2.75, 3.05) is 0 Å². The topological polar surface area (TPSA) is 27.1 Å². The summed E-state index contributed by atoms with van der Waals surface area (Å²) in [5, 5.41) is 5.09. The van der Waals surface area contributed by atoms with Crippen molar-refractivity contribution in [2.45, 2.75) is 6.61 Å². The van der Waals surface area contributed by atoms with E-state index in [9.17, 15) is 0 Å². The molecule has 2 aromatic rings. The van der Waals surface area contributed by atoms with Gasteiger partial charge in [0.05, 0.1) is 22.4 Å². The van der Waals surface area contributed by atoms with Gasteiger partial charge in [0.1, 0.15) is 6.61 Å². The molecular formula is C11H10Cl2N2O. The number of aryl methyl sites for hydroxylation is 1. The summed E-state index contributed by atoms with van der Waals surface area (Å²) in [5.74, 6) is 0.730. The number of benzene rings is 1. The highest BCUT2D eigenvalue weighted by molar-refractivity contribution is 6.42. The van der Waals surface area contributed by atoms with Gasteiger partial charge >= 0.3 is 0 Å². The highest BCUT2D eigenvalue weighted by Crippen LogP contribution is 2.23. The monoisotopic (exact) mass is 256 g/mol. The van der Waals surface area contributed by atoms with Crippen LogP contribution in [-0.4, -0.2) is 9.78 Å². The summed E-state index contributed by atoms with van der Waals surface area (Å²) in [6.07, 6.45) is 3.47. The predicted molar refractivity (Wildman–Crippen MR) is 64.0 cm³/mol. The van der Waals surface area contributed by atoms with Crippen molar-refractivity contribution in [1.82, 2.24) is 9.78 Å². The number of aromatic nitrogens is 2. The quantitative estimate of drug-likeness (QED) is 0.843. The number of halogens is 2. The Hall–Kier alpha value is -1.19. The average Bonchev–Trinajstić information content (AvgIpc) is 2.66. The van der Waals surface area contributed by atoms with E-state index >= 15 is 0 Å². The second-order valence-electron chi connectivity index (χ2n) is 3.39. The van der Waals surface area contributed by atoms with Gasteiger partial charge in [0.2, 0.25) is 0 Å². The van der Waals surface area contributed by atoms with Crippen molar-refractivity contribution in [3.63, 3.8) is 0 Å². The second-order valence-corrected chi connectivity index (χ2v) is 4.20. The fourth-order valence-corrected chi connectivity index (χ4v) is 1.59. The van der Waals surface area contributed by atoms with Crippen LogP contribution in [-0.2, 0) is 13.7 Å². The first kappa shape index (κ1) is 11.3. The van der Waals surface area contributed by atoms with Crippen LogP contribution in [0, 0.1) is 0 Å². The van der Waals surface area contributed by atoms with Crippen molar-refractivity contribution < 1.29 is 4.74 Å². The minimum absolute atomic E-state index is 0.447. The molecule has 0 amide bonds. The summed E-state index contributed by atoms with van der Waals surface area (Å²) in [7, 11) is 1.84. The smallest absolute Gasteiger partial charge is 0.157 e. The fourth-order valence-electron chi connectivity index (χ4n) is 1.27. The maximum atomic E-state index is 5.90. The molecule has 0 aliphatic rings. The largest absolute Gasteiger partial charge is 0.486 e. The van der Waals surface area contributed by atoms with E-state index in [0.29, 0.717) is 16.7 Å². The zero-order chi connectivity index (χ0) is 11.5. The van der Waals surface area contributed by atoms with Crippen LogP contribution in [0.5, 0.6) is 5.75 Å². The van der Waals surface area contributed by atoms with Gasteiger partial charge in [-0.1, -0.05) is 29.3 Å². The summed E-state index contributed by atoms with van der Waals surface area (Å²) in [5.41, 5.74) is 0.971. The highest BCUT2D eigenvalue weighted by Gasteiger charge is 2.01. The number of nitrogens with zero attached hydrogens (tertiary/aromatic N) is 2. The maximum Gasteiger partial charge on any atom is 0.157 e. The van der Waals surface area contributed by atoms with Gasteiger partial charge in [-0.05, 0) is 17.7 Å². The Morgan fingerprint density at radius 1 is 1.31 bits per heavy atom. The normalized spacial score (nSPS) is 10.4. The van der Waals surface area contributed by atoms with Crippen LogP contribution in [0.15, 0.2) is 30.6 Å². The molecule has 0 atom stereocenters. The van der Waals surface area contributed by atoms with Gasteiger partial charge in [0.25, 0.3) is 0 Å². The molecule has 1 aromatic heterocycles. The second kappa shape index (κ2) is 4.76. The van der Waals surface area contributed by atoms with Gasteiger partial charge in [-0.25, -0.2) is 0 Å². The Morgan fingerprint density at radius 2 is 2.12 bits per heavy atom. The van der Waals surface area contributed by atoms with Crippen LogP contribution >= 0.6 is 23.2 Å². The molecule has 0 spiro atoms. The van der Waals surface area contributed by atoms with E-state index in [0.717, 1.165) is 11.3 Å². The lowest BCUT2D eigenvalue weighted by atomic mass is 10.2. The lowest BCUT2D eigenvalue weighted by molar-refractivity contribution is 0.306. The SMILES string of the molecule is Cn1cc(OCc2ccc(Cl)c(Cl)c2)cn1. The van der Waals surface area contributed by atoms with E-state index in [4.69, 9.17) is 27.9 Å². The minimum atomic E-state index is 0.447. The molecule has 3 nitrogen and oxygen atoms in total. The third kappa shape index (κ3) is 2.68. The fraction of sp³-hybridized carbons (Fsp3) is 0.182. The Bertz CT molecular complexity index is 496. The summed E-state index contributed by atoms with van der Waals surface area (Å²) in [6.45, 7) is 0.447. The van der Waals surface area contributed by atoms with Crippen LogP contribution in [0.3, 0.4) is 0 Å². The van der Waals surface area contributed by atoms with E-state index in [1.165, 1.54) is 0 Å². The molecule has 0 saturated heterocycles. The minimum Gasteiger partial charge on any atom is -0.486 e. The first-order valence-electron chi connectivity index (χ1n) is 4.70. The van der Waals surface area contributed by atoms with Crippen LogP contribution in [0.1, 0.15) is 5.56 Å². The maximum absolute atomic E-state index is 5.90. The van der Waals surface area contributed by atoms with Crippen molar-refractivity contribution in [2.24, 2.45) is 7.05 Å². The summed E-state index contributed by atoms with van der Waals surface area (Å²) >= 11 is 11.7. The van der Waals surface area contributed by atoms with Crippen LogP contribution in [0.4, 0.5) is 0 Å². The number of hydrogen-bond donors (Lipinski definition) is 0. The molecular weight excluding hydrogens is 247 g/mol.